The van der Waals surface area contributed by atoms with Crippen LogP contribution in [0, 0.1) is 0 Å². The monoisotopic (exact) mass is 301 g/mol. The molecule has 0 amide bonds. The fourth-order valence-corrected chi connectivity index (χ4v) is 2.23. The van der Waals surface area contributed by atoms with E-state index in [2.05, 4.69) is 10.1 Å². The average Bonchev–Trinajstić information content (AvgIpc) is 2.97. The third-order valence-corrected chi connectivity index (χ3v) is 3.33. The van der Waals surface area contributed by atoms with Gasteiger partial charge in [0.15, 0.2) is 0 Å². The molecule has 0 fully saturated rings. The van der Waals surface area contributed by atoms with Crippen LogP contribution in [0.25, 0.3) is 22.8 Å². The van der Waals surface area contributed by atoms with Gasteiger partial charge in [0.25, 0.3) is 5.89 Å². The summed E-state index contributed by atoms with van der Waals surface area (Å²) in [6, 6.07) is 12.6. The van der Waals surface area contributed by atoms with E-state index in [1.165, 1.54) is 0 Å². The second kappa shape index (κ2) is 5.46. The second-order valence-electron chi connectivity index (χ2n) is 4.36. The lowest BCUT2D eigenvalue weighted by molar-refractivity contribution is 0.414. The molecule has 0 aliphatic heterocycles. The summed E-state index contributed by atoms with van der Waals surface area (Å²) in [5, 5.41) is 4.43. The van der Waals surface area contributed by atoms with Gasteiger partial charge >= 0.3 is 0 Å². The molecule has 0 spiro atoms. The van der Waals surface area contributed by atoms with Gasteiger partial charge in [-0.05, 0) is 24.3 Å². The summed E-state index contributed by atoms with van der Waals surface area (Å²) in [6.07, 6.45) is 0. The molecule has 3 aromatic rings. The Morgan fingerprint density at radius 1 is 1.19 bits per heavy atom. The molecule has 3 rings (SSSR count). The first-order chi connectivity index (χ1) is 10.2. The van der Waals surface area contributed by atoms with Crippen molar-refractivity contribution in [3.63, 3.8) is 0 Å². The lowest BCUT2D eigenvalue weighted by atomic mass is 10.1. The molecule has 1 heterocycles. The Kier molecular flexibility index (Phi) is 3.50. The zero-order chi connectivity index (χ0) is 14.8. The molecule has 6 heteroatoms. The molecule has 0 saturated heterocycles. The van der Waals surface area contributed by atoms with E-state index in [1.54, 1.807) is 25.3 Å². The van der Waals surface area contributed by atoms with E-state index in [-0.39, 0.29) is 5.89 Å². The van der Waals surface area contributed by atoms with Crippen molar-refractivity contribution in [2.45, 2.75) is 0 Å². The summed E-state index contributed by atoms with van der Waals surface area (Å²) in [6.45, 7) is 0. The first kappa shape index (κ1) is 13.5. The number of anilines is 1. The summed E-state index contributed by atoms with van der Waals surface area (Å²) >= 11 is 6.14. The van der Waals surface area contributed by atoms with Crippen LogP contribution in [0.4, 0.5) is 5.69 Å². The van der Waals surface area contributed by atoms with E-state index < -0.39 is 0 Å². The highest BCUT2D eigenvalue weighted by Gasteiger charge is 2.16. The van der Waals surface area contributed by atoms with Gasteiger partial charge in [0.1, 0.15) is 5.75 Å². The van der Waals surface area contributed by atoms with Gasteiger partial charge in [-0.3, -0.25) is 0 Å². The van der Waals surface area contributed by atoms with E-state index in [4.69, 9.17) is 26.6 Å². The lowest BCUT2D eigenvalue weighted by Gasteiger charge is -2.02. The van der Waals surface area contributed by atoms with Crippen molar-refractivity contribution in [1.29, 1.82) is 0 Å². The number of ether oxygens (including phenoxy) is 1. The first-order valence-electron chi connectivity index (χ1n) is 6.21. The van der Waals surface area contributed by atoms with Crippen molar-refractivity contribution >= 4 is 17.3 Å². The number of aromatic nitrogens is 2. The minimum atomic E-state index is 0.288. The standard InChI is InChI=1S/C15H12ClN3O2/c1-20-10-5-2-4-9(8-10)14-18-15(21-19-14)13-11(16)6-3-7-12(13)17/h2-8H,17H2,1H3. The summed E-state index contributed by atoms with van der Waals surface area (Å²) in [7, 11) is 1.60. The second-order valence-corrected chi connectivity index (χ2v) is 4.77. The van der Waals surface area contributed by atoms with Gasteiger partial charge in [0.2, 0.25) is 5.82 Å². The molecule has 0 unspecified atom stereocenters. The van der Waals surface area contributed by atoms with Gasteiger partial charge in [-0.2, -0.15) is 4.98 Å². The van der Waals surface area contributed by atoms with E-state index in [1.807, 2.05) is 24.3 Å². The highest BCUT2D eigenvalue weighted by Crippen LogP contribution is 2.33. The van der Waals surface area contributed by atoms with Crippen LogP contribution in [0.1, 0.15) is 0 Å². The summed E-state index contributed by atoms with van der Waals surface area (Å²) in [5.41, 5.74) is 7.73. The number of hydrogen-bond donors (Lipinski definition) is 1. The van der Waals surface area contributed by atoms with Crippen LogP contribution in [0.3, 0.4) is 0 Å². The predicted molar refractivity (Wildman–Crippen MR) is 81.1 cm³/mol. The Balaban J connectivity index is 2.04. The maximum atomic E-state index is 6.14. The van der Waals surface area contributed by atoms with Crippen LogP contribution in [0.5, 0.6) is 5.75 Å². The molecule has 0 saturated carbocycles. The third kappa shape index (κ3) is 2.55. The van der Waals surface area contributed by atoms with Gasteiger partial charge in [-0.25, -0.2) is 0 Å². The maximum absolute atomic E-state index is 6.14. The Hall–Kier alpha value is -2.53. The molecule has 0 radical (unpaired) electrons. The molecule has 2 N–H and O–H groups in total. The van der Waals surface area contributed by atoms with Gasteiger partial charge in [0.05, 0.1) is 17.7 Å². The highest BCUT2D eigenvalue weighted by molar-refractivity contribution is 6.33. The van der Waals surface area contributed by atoms with E-state index in [0.717, 1.165) is 11.3 Å². The highest BCUT2D eigenvalue weighted by atomic mass is 35.5. The fourth-order valence-electron chi connectivity index (χ4n) is 1.97. The number of nitrogens with zero attached hydrogens (tertiary/aromatic N) is 2. The smallest absolute Gasteiger partial charge is 0.261 e. The quantitative estimate of drug-likeness (QED) is 0.747. The van der Waals surface area contributed by atoms with E-state index >= 15 is 0 Å². The van der Waals surface area contributed by atoms with Crippen LogP contribution in [0.2, 0.25) is 5.02 Å². The van der Waals surface area contributed by atoms with Crippen LogP contribution >= 0.6 is 11.6 Å². The molecule has 0 atom stereocenters. The number of nitrogen functional groups attached to an aromatic ring is 1. The van der Waals surface area contributed by atoms with Gasteiger partial charge < -0.3 is 15.0 Å². The van der Waals surface area contributed by atoms with Crippen molar-refractivity contribution < 1.29 is 9.26 Å². The molecule has 2 aromatic carbocycles. The SMILES string of the molecule is COc1cccc(-c2noc(-c3c(N)cccc3Cl)n2)c1. The molecule has 0 aliphatic rings. The minimum Gasteiger partial charge on any atom is -0.497 e. The Morgan fingerprint density at radius 3 is 2.76 bits per heavy atom. The van der Waals surface area contributed by atoms with Crippen LogP contribution in [0.15, 0.2) is 47.0 Å². The van der Waals surface area contributed by atoms with Gasteiger partial charge in [-0.1, -0.05) is 35.0 Å². The number of methoxy groups -OCH3 is 1. The van der Waals surface area contributed by atoms with E-state index in [9.17, 15) is 0 Å². The van der Waals surface area contributed by atoms with Crippen LogP contribution in [-0.4, -0.2) is 17.3 Å². The van der Waals surface area contributed by atoms with Gasteiger partial charge in [0, 0.05) is 11.3 Å². The molecule has 0 bridgehead atoms. The van der Waals surface area contributed by atoms with Crippen molar-refractivity contribution in [2.75, 3.05) is 12.8 Å². The summed E-state index contributed by atoms with van der Waals surface area (Å²) in [5.74, 6) is 1.45. The van der Waals surface area contributed by atoms with Gasteiger partial charge in [-0.15, -0.1) is 0 Å². The molecule has 1 aromatic heterocycles. The molecule has 106 valence electrons. The molecule has 0 aliphatic carbocycles. The van der Waals surface area contributed by atoms with Crippen LogP contribution < -0.4 is 10.5 Å². The maximum Gasteiger partial charge on any atom is 0.261 e. The first-order valence-corrected chi connectivity index (χ1v) is 6.59. The normalized spacial score (nSPS) is 10.6. The van der Waals surface area contributed by atoms with Crippen molar-refractivity contribution in [2.24, 2.45) is 0 Å². The number of hydrogen-bond acceptors (Lipinski definition) is 5. The fraction of sp³-hybridized carbons (Fsp3) is 0.0667. The van der Waals surface area contributed by atoms with Crippen molar-refractivity contribution in [3.05, 3.63) is 47.5 Å². The van der Waals surface area contributed by atoms with Crippen molar-refractivity contribution in [3.8, 4) is 28.6 Å². The topological polar surface area (TPSA) is 74.2 Å². The molecular formula is C15H12ClN3O2. The minimum absolute atomic E-state index is 0.288. The summed E-state index contributed by atoms with van der Waals surface area (Å²) in [4.78, 5) is 4.35. The zero-order valence-corrected chi connectivity index (χ0v) is 12.0. The number of benzene rings is 2. The molecular weight excluding hydrogens is 290 g/mol. The number of rotatable bonds is 3. The van der Waals surface area contributed by atoms with Crippen LogP contribution in [-0.2, 0) is 0 Å². The third-order valence-electron chi connectivity index (χ3n) is 3.01. The largest absolute Gasteiger partial charge is 0.497 e. The molecule has 5 nitrogen and oxygen atoms in total. The van der Waals surface area contributed by atoms with Crippen molar-refractivity contribution in [1.82, 2.24) is 10.1 Å². The predicted octanol–water partition coefficient (Wildman–Crippen LogP) is 3.65. The Morgan fingerprint density at radius 2 is 2.00 bits per heavy atom. The average molecular weight is 302 g/mol. The number of nitrogens with two attached hydrogens (primary N) is 1. The zero-order valence-electron chi connectivity index (χ0n) is 11.2. The Labute approximate surface area is 126 Å². The number of halogens is 1. The summed E-state index contributed by atoms with van der Waals surface area (Å²) < 4.78 is 10.5. The Bertz CT molecular complexity index is 766. The lowest BCUT2D eigenvalue weighted by Crippen LogP contribution is -1.91. The van der Waals surface area contributed by atoms with E-state index in [0.29, 0.717) is 22.1 Å². The molecule has 21 heavy (non-hydrogen) atoms.